The Labute approximate surface area is 167 Å². The molecule has 8 heteroatoms. The summed E-state index contributed by atoms with van der Waals surface area (Å²) >= 11 is 1.33. The van der Waals surface area contributed by atoms with Gasteiger partial charge in [-0.2, -0.15) is 0 Å². The lowest BCUT2D eigenvalue weighted by atomic mass is 10.3. The van der Waals surface area contributed by atoms with Gasteiger partial charge in [0.15, 0.2) is 11.1 Å². The number of carbonyl (C=O) groups is 1. The Morgan fingerprint density at radius 1 is 1.14 bits per heavy atom. The minimum Gasteiger partial charge on any atom is -0.497 e. The third-order valence-corrected chi connectivity index (χ3v) is 5.57. The highest BCUT2D eigenvalue weighted by Gasteiger charge is 2.30. The number of nitrogens with zero attached hydrogens (tertiary/aromatic N) is 3. The number of furan rings is 1. The summed E-state index contributed by atoms with van der Waals surface area (Å²) in [6.07, 6.45) is 1.77. The van der Waals surface area contributed by atoms with E-state index >= 15 is 0 Å². The van der Waals surface area contributed by atoms with E-state index in [4.69, 9.17) is 13.9 Å². The van der Waals surface area contributed by atoms with Crippen molar-refractivity contribution in [2.45, 2.75) is 0 Å². The van der Waals surface area contributed by atoms with Gasteiger partial charge in [0.05, 0.1) is 30.9 Å². The number of aliphatic imine (C=N–C) groups is 1. The molecule has 4 rings (SSSR count). The van der Waals surface area contributed by atoms with Crippen LogP contribution in [0.15, 0.2) is 50.7 Å². The molecule has 0 spiro atoms. The normalized spacial score (nSPS) is 20.4. The minimum absolute atomic E-state index is 0.0958. The van der Waals surface area contributed by atoms with Crippen LogP contribution in [-0.2, 0) is 9.53 Å². The molecular weight excluding hydrogens is 378 g/mol. The number of anilines is 1. The van der Waals surface area contributed by atoms with E-state index in [1.165, 1.54) is 11.8 Å². The highest BCUT2D eigenvalue weighted by Crippen LogP contribution is 2.34. The van der Waals surface area contributed by atoms with Gasteiger partial charge < -0.3 is 18.8 Å². The van der Waals surface area contributed by atoms with E-state index in [-0.39, 0.29) is 5.91 Å². The topological polar surface area (TPSA) is 67.5 Å². The molecule has 0 atom stereocenters. The lowest BCUT2D eigenvalue weighted by molar-refractivity contribution is -0.121. The number of carbonyl (C=O) groups excluding carboxylic acids is 1. The first-order valence-electron chi connectivity index (χ1n) is 8.97. The lowest BCUT2D eigenvalue weighted by Crippen LogP contribution is -2.35. The van der Waals surface area contributed by atoms with Crippen molar-refractivity contribution in [2.24, 2.45) is 4.99 Å². The third kappa shape index (κ3) is 3.93. The van der Waals surface area contributed by atoms with E-state index in [9.17, 15) is 4.79 Å². The second-order valence-corrected chi connectivity index (χ2v) is 7.35. The lowest BCUT2D eigenvalue weighted by Gasteiger charge is -2.26. The molecule has 0 saturated carbocycles. The molecule has 146 valence electrons. The van der Waals surface area contributed by atoms with Crippen LogP contribution in [0.2, 0.25) is 0 Å². The van der Waals surface area contributed by atoms with Crippen molar-refractivity contribution in [3.8, 4) is 5.75 Å². The van der Waals surface area contributed by atoms with Gasteiger partial charge in [-0.25, -0.2) is 4.99 Å². The minimum atomic E-state index is -0.0958. The molecule has 0 bridgehead atoms. The van der Waals surface area contributed by atoms with Crippen LogP contribution in [0, 0.1) is 0 Å². The Morgan fingerprint density at radius 2 is 1.89 bits per heavy atom. The molecule has 2 saturated heterocycles. The molecule has 0 radical (unpaired) electrons. The van der Waals surface area contributed by atoms with Crippen LogP contribution in [0.3, 0.4) is 0 Å². The first-order valence-corrected chi connectivity index (χ1v) is 9.78. The van der Waals surface area contributed by atoms with Gasteiger partial charge in [-0.3, -0.25) is 9.69 Å². The second-order valence-electron chi connectivity index (χ2n) is 6.34. The van der Waals surface area contributed by atoms with E-state index in [2.05, 4.69) is 9.89 Å². The fraction of sp³-hybridized carbons (Fsp3) is 0.300. The quantitative estimate of drug-likeness (QED) is 0.735. The van der Waals surface area contributed by atoms with Gasteiger partial charge in [-0.15, -0.1) is 0 Å². The smallest absolute Gasteiger partial charge is 0.266 e. The highest BCUT2D eigenvalue weighted by molar-refractivity contribution is 8.18. The van der Waals surface area contributed by atoms with E-state index in [1.54, 1.807) is 25.1 Å². The number of amides is 1. The number of morpholine rings is 1. The van der Waals surface area contributed by atoms with Crippen LogP contribution in [0.1, 0.15) is 5.76 Å². The molecule has 3 heterocycles. The average molecular weight is 399 g/mol. The maximum absolute atomic E-state index is 12.6. The summed E-state index contributed by atoms with van der Waals surface area (Å²) in [4.78, 5) is 21.4. The molecule has 1 aromatic carbocycles. The Hall–Kier alpha value is -2.71. The van der Waals surface area contributed by atoms with Gasteiger partial charge in [0.25, 0.3) is 5.91 Å². The monoisotopic (exact) mass is 399 g/mol. The van der Waals surface area contributed by atoms with Crippen molar-refractivity contribution in [2.75, 3.05) is 45.4 Å². The zero-order chi connectivity index (χ0) is 19.5. The predicted molar refractivity (Wildman–Crippen MR) is 110 cm³/mol. The summed E-state index contributed by atoms with van der Waals surface area (Å²) in [6.45, 7) is 3.00. The molecule has 2 aliphatic heterocycles. The summed E-state index contributed by atoms with van der Waals surface area (Å²) in [7, 11) is 3.34. The van der Waals surface area contributed by atoms with Crippen molar-refractivity contribution < 1.29 is 18.7 Å². The Bertz CT molecular complexity index is 914. The Morgan fingerprint density at radius 3 is 2.61 bits per heavy atom. The van der Waals surface area contributed by atoms with Crippen LogP contribution in [0.4, 0.5) is 11.6 Å². The first-order chi connectivity index (χ1) is 13.6. The summed E-state index contributed by atoms with van der Waals surface area (Å²) in [5.74, 6) is 2.12. The van der Waals surface area contributed by atoms with Crippen molar-refractivity contribution in [1.29, 1.82) is 0 Å². The van der Waals surface area contributed by atoms with Crippen molar-refractivity contribution in [3.63, 3.8) is 0 Å². The molecule has 28 heavy (non-hydrogen) atoms. The van der Waals surface area contributed by atoms with Gasteiger partial charge in [0, 0.05) is 32.3 Å². The standard InChI is InChI=1S/C20H21N3O4S/c1-22-19(24)17(28-20(22)21-14-3-5-15(25-2)6-4-14)13-16-7-8-18(27-16)23-9-11-26-12-10-23/h3-8,13H,9-12H2,1-2H3/b17-13+,21-20?. The van der Waals surface area contributed by atoms with Crippen LogP contribution in [-0.4, -0.2) is 56.4 Å². The summed E-state index contributed by atoms with van der Waals surface area (Å²) in [6, 6.07) is 11.2. The average Bonchev–Trinajstić information content (AvgIpc) is 3.30. The largest absolute Gasteiger partial charge is 0.497 e. The number of thioether (sulfide) groups is 1. The molecule has 0 unspecified atom stereocenters. The van der Waals surface area contributed by atoms with Crippen LogP contribution in [0.25, 0.3) is 6.08 Å². The fourth-order valence-electron chi connectivity index (χ4n) is 2.92. The van der Waals surface area contributed by atoms with Gasteiger partial charge >= 0.3 is 0 Å². The maximum Gasteiger partial charge on any atom is 0.266 e. The number of methoxy groups -OCH3 is 1. The van der Waals surface area contributed by atoms with E-state index in [0.717, 1.165) is 30.4 Å². The molecule has 7 nitrogen and oxygen atoms in total. The summed E-state index contributed by atoms with van der Waals surface area (Å²) < 4.78 is 16.4. The van der Waals surface area contributed by atoms with Gasteiger partial charge in [0.1, 0.15) is 11.5 Å². The Kier molecular flexibility index (Phi) is 5.40. The molecule has 2 aromatic rings. The molecule has 2 fully saturated rings. The van der Waals surface area contributed by atoms with Gasteiger partial charge in [0.2, 0.25) is 0 Å². The maximum atomic E-state index is 12.6. The fourth-order valence-corrected chi connectivity index (χ4v) is 3.89. The van der Waals surface area contributed by atoms with Crippen LogP contribution in [0.5, 0.6) is 5.75 Å². The van der Waals surface area contributed by atoms with Gasteiger partial charge in [-0.05, 0) is 42.1 Å². The number of rotatable bonds is 4. The molecule has 0 aliphatic carbocycles. The summed E-state index contributed by atoms with van der Waals surface area (Å²) in [5, 5.41) is 0.626. The zero-order valence-electron chi connectivity index (χ0n) is 15.8. The first kappa shape index (κ1) is 18.6. The number of amidine groups is 1. The number of benzene rings is 1. The highest BCUT2D eigenvalue weighted by atomic mass is 32.2. The third-order valence-electron chi connectivity index (χ3n) is 4.51. The van der Waals surface area contributed by atoms with E-state index in [1.807, 2.05) is 36.4 Å². The second kappa shape index (κ2) is 8.12. The summed E-state index contributed by atoms with van der Waals surface area (Å²) in [5.41, 5.74) is 0.761. The molecule has 0 N–H and O–H groups in total. The van der Waals surface area contributed by atoms with Crippen molar-refractivity contribution >= 4 is 40.5 Å². The zero-order valence-corrected chi connectivity index (χ0v) is 16.6. The molecule has 1 amide bonds. The molecule has 2 aliphatic rings. The number of hydrogen-bond donors (Lipinski definition) is 0. The van der Waals surface area contributed by atoms with Gasteiger partial charge in [-0.1, -0.05) is 0 Å². The molecule has 1 aromatic heterocycles. The SMILES string of the molecule is COc1ccc(N=C2S/C(=C/c3ccc(N4CCOCC4)o3)C(=O)N2C)cc1. The van der Waals surface area contributed by atoms with Crippen LogP contribution >= 0.6 is 11.8 Å². The van der Waals surface area contributed by atoms with E-state index < -0.39 is 0 Å². The number of likely N-dealkylation sites (N-methyl/N-ethyl adjacent to an activating group) is 1. The van der Waals surface area contributed by atoms with Crippen molar-refractivity contribution in [3.05, 3.63) is 47.1 Å². The molecular formula is C20H21N3O4S. The Balaban J connectivity index is 1.51. The number of ether oxygens (including phenoxy) is 2. The van der Waals surface area contributed by atoms with E-state index in [0.29, 0.717) is 29.0 Å². The van der Waals surface area contributed by atoms with Crippen LogP contribution < -0.4 is 9.64 Å². The number of hydrogen-bond acceptors (Lipinski definition) is 7. The predicted octanol–water partition coefficient (Wildman–Crippen LogP) is 3.36. The van der Waals surface area contributed by atoms with Crippen molar-refractivity contribution in [1.82, 2.24) is 4.90 Å².